The van der Waals surface area contributed by atoms with Crippen molar-refractivity contribution in [1.82, 2.24) is 15.3 Å². The number of hydrogen-bond donors (Lipinski definition) is 1. The third-order valence-electron chi connectivity index (χ3n) is 6.29. The second-order valence-corrected chi connectivity index (χ2v) is 12.2. The van der Waals surface area contributed by atoms with Gasteiger partial charge in [-0.15, -0.1) is 0 Å². The molecule has 1 aliphatic heterocycles. The van der Waals surface area contributed by atoms with Crippen LogP contribution in [0.1, 0.15) is 50.3 Å². The number of nitrogens with one attached hydrogen (secondary N) is 1. The number of hydrogen-bond acceptors (Lipinski definition) is 6. The van der Waals surface area contributed by atoms with E-state index in [1.165, 1.54) is 13.8 Å². The van der Waals surface area contributed by atoms with Crippen molar-refractivity contribution in [2.45, 2.75) is 50.2 Å². The number of carbonyl (C=O) groups excluding carboxylic acids is 1. The van der Waals surface area contributed by atoms with Crippen LogP contribution in [0.25, 0.3) is 23.1 Å². The molecule has 0 saturated carbocycles. The van der Waals surface area contributed by atoms with E-state index < -0.39 is 26.8 Å². The average molecular weight is 498 g/mol. The van der Waals surface area contributed by atoms with Gasteiger partial charge in [-0.25, -0.2) is 18.7 Å². The van der Waals surface area contributed by atoms with Gasteiger partial charge in [0.15, 0.2) is 16.1 Å². The quantitative estimate of drug-likeness (QED) is 0.371. The van der Waals surface area contributed by atoms with Crippen molar-refractivity contribution in [3.05, 3.63) is 65.9 Å². The third-order valence-corrected chi connectivity index (χ3v) is 8.44. The zero-order chi connectivity index (χ0) is 25.1. The Morgan fingerprint density at radius 3 is 2.60 bits per heavy atom. The van der Waals surface area contributed by atoms with Gasteiger partial charge in [0.2, 0.25) is 5.91 Å². The van der Waals surface area contributed by atoms with Crippen molar-refractivity contribution in [3.8, 4) is 0 Å². The molecule has 35 heavy (non-hydrogen) atoms. The monoisotopic (exact) mass is 497 g/mol. The van der Waals surface area contributed by atoms with E-state index in [1.807, 2.05) is 41.2 Å². The third kappa shape index (κ3) is 6.36. The molecule has 2 aromatic carbocycles. The number of amides is 1. The summed E-state index contributed by atoms with van der Waals surface area (Å²) < 4.78 is 30.1. The number of aromatic nitrogens is 2. The zero-order valence-electron chi connectivity index (χ0n) is 20.2. The zero-order valence-corrected chi connectivity index (χ0v) is 21.0. The van der Waals surface area contributed by atoms with Crippen LogP contribution in [0.5, 0.6) is 0 Å². The first-order valence-corrected chi connectivity index (χ1v) is 13.5. The van der Waals surface area contributed by atoms with Gasteiger partial charge in [0, 0.05) is 30.7 Å². The first kappa shape index (κ1) is 25.1. The van der Waals surface area contributed by atoms with Gasteiger partial charge in [-0.1, -0.05) is 48.6 Å². The summed E-state index contributed by atoms with van der Waals surface area (Å²) in [5.74, 6) is -0.499. The molecule has 1 aromatic heterocycles. The van der Waals surface area contributed by atoms with E-state index in [0.717, 1.165) is 34.7 Å². The maximum Gasteiger partial charge on any atom is 0.245 e. The molecule has 0 spiro atoms. The second kappa shape index (κ2) is 10.3. The van der Waals surface area contributed by atoms with Gasteiger partial charge in [-0.05, 0) is 43.5 Å². The van der Waals surface area contributed by atoms with Crippen LogP contribution in [0.3, 0.4) is 0 Å². The minimum absolute atomic E-state index is 0.0606. The topological polar surface area (TPSA) is 99.5 Å². The standard InChI is InChI=1S/C26H31N3O5S/c1-26(2,35(3,31)32)16-24(30)28-34-25-14-12-22(18-33-25)29-17-21-15-20(11-13-23(21)27-29)10-9-19-7-5-4-6-8-19/h4-11,13,15,17,22,25H,12,14,16,18H2,1-3H3,(H,28,30)/b10-9+. The van der Waals surface area contributed by atoms with Gasteiger partial charge in [-0.3, -0.25) is 9.48 Å². The fourth-order valence-electron chi connectivity index (χ4n) is 3.81. The minimum Gasteiger partial charge on any atom is -0.348 e. The molecular weight excluding hydrogens is 466 g/mol. The van der Waals surface area contributed by atoms with Crippen molar-refractivity contribution in [2.75, 3.05) is 12.9 Å². The summed E-state index contributed by atoms with van der Waals surface area (Å²) in [5.41, 5.74) is 5.50. The lowest BCUT2D eigenvalue weighted by Gasteiger charge is -2.29. The largest absolute Gasteiger partial charge is 0.348 e. The van der Waals surface area contributed by atoms with Crippen LogP contribution in [0.15, 0.2) is 54.7 Å². The summed E-state index contributed by atoms with van der Waals surface area (Å²) in [7, 11) is -3.37. The molecule has 1 saturated heterocycles. The smallest absolute Gasteiger partial charge is 0.245 e. The van der Waals surface area contributed by atoms with E-state index in [9.17, 15) is 13.2 Å². The summed E-state index contributed by atoms with van der Waals surface area (Å²) in [6.07, 6.45) is 7.88. The molecule has 1 amide bonds. The highest BCUT2D eigenvalue weighted by Gasteiger charge is 2.33. The average Bonchev–Trinajstić information content (AvgIpc) is 3.25. The van der Waals surface area contributed by atoms with E-state index in [0.29, 0.717) is 13.0 Å². The molecule has 0 bridgehead atoms. The van der Waals surface area contributed by atoms with Gasteiger partial charge < -0.3 is 4.74 Å². The van der Waals surface area contributed by atoms with Crippen LogP contribution >= 0.6 is 0 Å². The highest BCUT2D eigenvalue weighted by Crippen LogP contribution is 2.26. The predicted octanol–water partition coefficient (Wildman–Crippen LogP) is 4.15. The second-order valence-electron chi connectivity index (χ2n) is 9.52. The number of sulfone groups is 1. The summed E-state index contributed by atoms with van der Waals surface area (Å²) in [6.45, 7) is 3.42. The van der Waals surface area contributed by atoms with Gasteiger partial charge in [0.05, 0.1) is 22.9 Å². The molecule has 3 aromatic rings. The molecule has 2 unspecified atom stereocenters. The molecule has 1 fully saturated rings. The number of carbonyl (C=O) groups is 1. The van der Waals surface area contributed by atoms with E-state index >= 15 is 0 Å². The molecule has 1 aliphatic rings. The number of ether oxygens (including phenoxy) is 1. The summed E-state index contributed by atoms with van der Waals surface area (Å²) >= 11 is 0. The Balaban J connectivity index is 1.30. The van der Waals surface area contributed by atoms with Crippen LogP contribution in [0.2, 0.25) is 0 Å². The fraction of sp³-hybridized carbons (Fsp3) is 0.385. The Bertz CT molecular complexity index is 1310. The fourth-order valence-corrected chi connectivity index (χ4v) is 4.20. The van der Waals surface area contributed by atoms with Crippen molar-refractivity contribution in [1.29, 1.82) is 0 Å². The molecule has 1 N–H and O–H groups in total. The molecule has 186 valence electrons. The molecule has 0 radical (unpaired) electrons. The SMILES string of the molecule is CC(C)(CC(=O)NOC1CCC(n2cc3cc(/C=C/c4ccccc4)ccc3n2)CO1)S(C)(=O)=O. The van der Waals surface area contributed by atoms with Gasteiger partial charge in [-0.2, -0.15) is 5.10 Å². The molecule has 8 nitrogen and oxygen atoms in total. The number of hydroxylamine groups is 1. The number of benzene rings is 2. The highest BCUT2D eigenvalue weighted by molar-refractivity contribution is 7.92. The molecule has 2 atom stereocenters. The van der Waals surface area contributed by atoms with E-state index in [2.05, 4.69) is 35.8 Å². The lowest BCUT2D eigenvalue weighted by atomic mass is 10.1. The van der Waals surface area contributed by atoms with Crippen LogP contribution in [-0.4, -0.2) is 48.0 Å². The Kier molecular flexibility index (Phi) is 7.39. The van der Waals surface area contributed by atoms with Crippen molar-refractivity contribution in [3.63, 3.8) is 0 Å². The first-order chi connectivity index (χ1) is 16.6. The lowest BCUT2D eigenvalue weighted by Crippen LogP contribution is -2.40. The number of rotatable bonds is 8. The lowest BCUT2D eigenvalue weighted by molar-refractivity contribution is -0.208. The summed E-state index contributed by atoms with van der Waals surface area (Å²) in [5, 5.41) is 5.76. The Morgan fingerprint density at radius 1 is 1.17 bits per heavy atom. The van der Waals surface area contributed by atoms with Crippen molar-refractivity contribution in [2.24, 2.45) is 0 Å². The van der Waals surface area contributed by atoms with Gasteiger partial charge in [0.25, 0.3) is 0 Å². The Hall–Kier alpha value is -3.01. The number of fused-ring (bicyclic) bond motifs is 1. The van der Waals surface area contributed by atoms with Crippen LogP contribution < -0.4 is 5.48 Å². The number of nitrogens with zero attached hydrogens (tertiary/aromatic N) is 2. The van der Waals surface area contributed by atoms with Gasteiger partial charge >= 0.3 is 0 Å². The van der Waals surface area contributed by atoms with Gasteiger partial charge in [0.1, 0.15) is 0 Å². The normalized spacial score (nSPS) is 19.3. The van der Waals surface area contributed by atoms with Crippen molar-refractivity contribution >= 4 is 38.8 Å². The summed E-state index contributed by atoms with van der Waals surface area (Å²) in [4.78, 5) is 17.5. The predicted molar refractivity (Wildman–Crippen MR) is 136 cm³/mol. The molecule has 0 aliphatic carbocycles. The summed E-state index contributed by atoms with van der Waals surface area (Å²) in [6, 6.07) is 16.4. The van der Waals surface area contributed by atoms with Crippen LogP contribution in [0.4, 0.5) is 0 Å². The van der Waals surface area contributed by atoms with E-state index in [1.54, 1.807) is 0 Å². The molecular formula is C26H31N3O5S. The van der Waals surface area contributed by atoms with Crippen LogP contribution in [-0.2, 0) is 24.2 Å². The maximum absolute atomic E-state index is 12.1. The minimum atomic E-state index is -3.37. The molecule has 2 heterocycles. The molecule has 4 rings (SSSR count). The highest BCUT2D eigenvalue weighted by atomic mass is 32.2. The van der Waals surface area contributed by atoms with E-state index in [-0.39, 0.29) is 12.5 Å². The van der Waals surface area contributed by atoms with Crippen LogP contribution in [0, 0.1) is 0 Å². The van der Waals surface area contributed by atoms with E-state index in [4.69, 9.17) is 14.7 Å². The van der Waals surface area contributed by atoms with Crippen molar-refractivity contribution < 1.29 is 22.8 Å². The molecule has 9 heteroatoms. The Morgan fingerprint density at radius 2 is 1.91 bits per heavy atom. The first-order valence-electron chi connectivity index (χ1n) is 11.6. The maximum atomic E-state index is 12.1. The Labute approximate surface area is 205 Å².